The van der Waals surface area contributed by atoms with Crippen LogP contribution in [-0.2, 0) is 14.8 Å². The van der Waals surface area contributed by atoms with Crippen molar-refractivity contribution < 1.29 is 22.7 Å². The van der Waals surface area contributed by atoms with Crippen molar-refractivity contribution in [3.05, 3.63) is 46.4 Å². The number of sulfonamides is 1. The first-order valence-electron chi connectivity index (χ1n) is 7.37. The maximum Gasteiger partial charge on any atom is 0.245 e. The minimum Gasteiger partial charge on any atom is -0.454 e. The van der Waals surface area contributed by atoms with Gasteiger partial charge >= 0.3 is 0 Å². The van der Waals surface area contributed by atoms with Crippen LogP contribution in [0.2, 0.25) is 10.0 Å². The predicted octanol–water partition coefficient (Wildman–Crippen LogP) is 3.13. The third-order valence-electron chi connectivity index (χ3n) is 3.56. The molecule has 2 aromatic rings. The van der Waals surface area contributed by atoms with Crippen molar-refractivity contribution in [2.45, 2.75) is 0 Å². The van der Waals surface area contributed by atoms with E-state index in [9.17, 15) is 13.2 Å². The van der Waals surface area contributed by atoms with Crippen LogP contribution in [-0.4, -0.2) is 33.9 Å². The SMILES string of the molecule is CS(=O)(=O)N(CC(=O)Nc1c(Cl)cccc1Cl)c1ccc2c(c1)OCO2. The fourth-order valence-corrected chi connectivity index (χ4v) is 3.71. The molecule has 0 aliphatic carbocycles. The Labute approximate surface area is 160 Å². The Kier molecular flexibility index (Phi) is 5.17. The van der Waals surface area contributed by atoms with E-state index in [1.54, 1.807) is 24.3 Å². The fraction of sp³-hybridized carbons (Fsp3) is 0.188. The summed E-state index contributed by atoms with van der Waals surface area (Å²) < 4.78 is 35.8. The molecule has 1 aliphatic rings. The molecule has 0 saturated heterocycles. The van der Waals surface area contributed by atoms with Crippen LogP contribution in [0.5, 0.6) is 11.5 Å². The molecule has 26 heavy (non-hydrogen) atoms. The van der Waals surface area contributed by atoms with Gasteiger partial charge in [0.25, 0.3) is 0 Å². The standard InChI is InChI=1S/C16H14Cl2N2O5S/c1-26(22,23)20(10-5-6-13-14(7-10)25-9-24-13)8-15(21)19-16-11(17)3-2-4-12(16)18/h2-7H,8-9H2,1H3,(H,19,21). The quantitative estimate of drug-likeness (QED) is 0.808. The number of carbonyl (C=O) groups is 1. The van der Waals surface area contributed by atoms with Gasteiger partial charge in [-0.15, -0.1) is 0 Å². The van der Waals surface area contributed by atoms with Crippen molar-refractivity contribution in [2.75, 3.05) is 29.2 Å². The number of carbonyl (C=O) groups excluding carboxylic acids is 1. The Morgan fingerprint density at radius 2 is 1.81 bits per heavy atom. The van der Waals surface area contributed by atoms with E-state index in [2.05, 4.69) is 5.32 Å². The molecule has 0 aromatic heterocycles. The molecule has 0 fully saturated rings. The van der Waals surface area contributed by atoms with Gasteiger partial charge in [0.1, 0.15) is 6.54 Å². The van der Waals surface area contributed by atoms with Gasteiger partial charge in [-0.1, -0.05) is 29.3 Å². The first-order chi connectivity index (χ1) is 12.3. The summed E-state index contributed by atoms with van der Waals surface area (Å²) in [6.07, 6.45) is 1.01. The number of hydrogen-bond donors (Lipinski definition) is 1. The molecule has 7 nitrogen and oxygen atoms in total. The van der Waals surface area contributed by atoms with Gasteiger partial charge in [0.2, 0.25) is 22.7 Å². The van der Waals surface area contributed by atoms with Crippen molar-refractivity contribution in [2.24, 2.45) is 0 Å². The second-order valence-electron chi connectivity index (χ2n) is 5.45. The highest BCUT2D eigenvalue weighted by molar-refractivity contribution is 7.92. The van der Waals surface area contributed by atoms with Crippen LogP contribution >= 0.6 is 23.2 Å². The number of benzene rings is 2. The van der Waals surface area contributed by atoms with Crippen LogP contribution in [0.25, 0.3) is 0 Å². The lowest BCUT2D eigenvalue weighted by atomic mass is 10.2. The van der Waals surface area contributed by atoms with Gasteiger partial charge in [-0.05, 0) is 24.3 Å². The number of anilines is 2. The first kappa shape index (κ1) is 18.6. The molecule has 0 spiro atoms. The number of nitrogens with zero attached hydrogens (tertiary/aromatic N) is 1. The zero-order valence-electron chi connectivity index (χ0n) is 13.5. The summed E-state index contributed by atoms with van der Waals surface area (Å²) in [6.45, 7) is -0.400. The van der Waals surface area contributed by atoms with E-state index in [0.29, 0.717) is 11.5 Å². The van der Waals surface area contributed by atoms with Crippen molar-refractivity contribution in [1.29, 1.82) is 0 Å². The summed E-state index contributed by atoms with van der Waals surface area (Å²) in [6, 6.07) is 9.38. The number of rotatable bonds is 5. The highest BCUT2D eigenvalue weighted by atomic mass is 35.5. The molecule has 0 bridgehead atoms. The van der Waals surface area contributed by atoms with Crippen LogP contribution in [0.3, 0.4) is 0 Å². The topological polar surface area (TPSA) is 84.9 Å². The molecule has 2 aromatic carbocycles. The van der Waals surface area contributed by atoms with Gasteiger partial charge in [-0.25, -0.2) is 8.42 Å². The number of nitrogens with one attached hydrogen (secondary N) is 1. The highest BCUT2D eigenvalue weighted by Gasteiger charge is 2.24. The summed E-state index contributed by atoms with van der Waals surface area (Å²) in [4.78, 5) is 12.4. The van der Waals surface area contributed by atoms with Crippen molar-refractivity contribution >= 4 is 50.5 Å². The highest BCUT2D eigenvalue weighted by Crippen LogP contribution is 2.36. The van der Waals surface area contributed by atoms with E-state index >= 15 is 0 Å². The predicted molar refractivity (Wildman–Crippen MR) is 99.8 cm³/mol. The van der Waals surface area contributed by atoms with Crippen LogP contribution in [0.1, 0.15) is 0 Å². The number of amides is 1. The van der Waals surface area contributed by atoms with E-state index in [-0.39, 0.29) is 28.2 Å². The zero-order chi connectivity index (χ0) is 18.9. The maximum absolute atomic E-state index is 12.4. The lowest BCUT2D eigenvalue weighted by molar-refractivity contribution is -0.114. The van der Waals surface area contributed by atoms with E-state index < -0.39 is 22.5 Å². The average Bonchev–Trinajstić information content (AvgIpc) is 3.02. The number of hydrogen-bond acceptors (Lipinski definition) is 5. The summed E-state index contributed by atoms with van der Waals surface area (Å²) in [5.41, 5.74) is 0.497. The fourth-order valence-electron chi connectivity index (χ4n) is 2.37. The maximum atomic E-state index is 12.4. The lowest BCUT2D eigenvalue weighted by Crippen LogP contribution is -2.37. The summed E-state index contributed by atoms with van der Waals surface area (Å²) in [7, 11) is -3.73. The van der Waals surface area contributed by atoms with E-state index in [1.165, 1.54) is 12.1 Å². The molecule has 10 heteroatoms. The van der Waals surface area contributed by atoms with Gasteiger partial charge in [-0.2, -0.15) is 0 Å². The average molecular weight is 417 g/mol. The first-order valence-corrected chi connectivity index (χ1v) is 9.97. The Balaban J connectivity index is 1.84. The minimum atomic E-state index is -3.73. The van der Waals surface area contributed by atoms with E-state index in [0.717, 1.165) is 10.6 Å². The molecule has 0 radical (unpaired) electrons. The molecule has 1 amide bonds. The molecular weight excluding hydrogens is 403 g/mol. The second-order valence-corrected chi connectivity index (χ2v) is 8.17. The number of halogens is 2. The molecule has 1 heterocycles. The van der Waals surface area contributed by atoms with Crippen LogP contribution in [0, 0.1) is 0 Å². The molecule has 0 saturated carbocycles. The molecular formula is C16H14Cl2N2O5S. The summed E-state index contributed by atoms with van der Waals surface area (Å²) in [5, 5.41) is 3.04. The van der Waals surface area contributed by atoms with Crippen molar-refractivity contribution in [1.82, 2.24) is 0 Å². The number of para-hydroxylation sites is 1. The van der Waals surface area contributed by atoms with Crippen LogP contribution < -0.4 is 19.1 Å². The number of fused-ring (bicyclic) bond motifs is 1. The molecule has 3 rings (SSSR count). The largest absolute Gasteiger partial charge is 0.454 e. The van der Waals surface area contributed by atoms with Crippen molar-refractivity contribution in [3.8, 4) is 11.5 Å². The third-order valence-corrected chi connectivity index (χ3v) is 5.33. The Morgan fingerprint density at radius 1 is 1.15 bits per heavy atom. The zero-order valence-corrected chi connectivity index (χ0v) is 15.9. The van der Waals surface area contributed by atoms with Gasteiger partial charge in [0.05, 0.1) is 27.7 Å². The number of ether oxygens (including phenoxy) is 2. The molecule has 1 aliphatic heterocycles. The monoisotopic (exact) mass is 416 g/mol. The van der Waals surface area contributed by atoms with E-state index in [1.807, 2.05) is 0 Å². The van der Waals surface area contributed by atoms with Crippen LogP contribution in [0.15, 0.2) is 36.4 Å². The summed E-state index contributed by atoms with van der Waals surface area (Å²) in [5.74, 6) is 0.323. The Hall–Kier alpha value is -2.16. The Bertz CT molecular complexity index is 945. The van der Waals surface area contributed by atoms with E-state index in [4.69, 9.17) is 32.7 Å². The molecule has 138 valence electrons. The summed E-state index contributed by atoms with van der Waals surface area (Å²) >= 11 is 12.0. The van der Waals surface area contributed by atoms with Gasteiger partial charge in [0, 0.05) is 6.07 Å². The van der Waals surface area contributed by atoms with Crippen LogP contribution in [0.4, 0.5) is 11.4 Å². The van der Waals surface area contributed by atoms with Gasteiger partial charge < -0.3 is 14.8 Å². The van der Waals surface area contributed by atoms with Gasteiger partial charge in [-0.3, -0.25) is 9.10 Å². The molecule has 1 N–H and O–H groups in total. The third kappa shape index (κ3) is 3.98. The lowest BCUT2D eigenvalue weighted by Gasteiger charge is -2.22. The Morgan fingerprint density at radius 3 is 2.46 bits per heavy atom. The normalized spacial score (nSPS) is 12.7. The van der Waals surface area contributed by atoms with Crippen molar-refractivity contribution in [3.63, 3.8) is 0 Å². The minimum absolute atomic E-state index is 0.0587. The molecule has 0 atom stereocenters. The smallest absolute Gasteiger partial charge is 0.245 e. The second kappa shape index (κ2) is 7.22. The molecule has 0 unspecified atom stereocenters. The van der Waals surface area contributed by atoms with Gasteiger partial charge in [0.15, 0.2) is 11.5 Å².